The molecule has 1 saturated carbocycles. The number of amides is 1. The van der Waals surface area contributed by atoms with Gasteiger partial charge in [0.05, 0.1) is 27.7 Å². The maximum atomic E-state index is 12.7. The molecule has 5 heteroatoms. The lowest BCUT2D eigenvalue weighted by Gasteiger charge is -2.10. The third-order valence-corrected chi connectivity index (χ3v) is 4.43. The first-order chi connectivity index (χ1) is 11.0. The summed E-state index contributed by atoms with van der Waals surface area (Å²) in [7, 11) is 0. The quantitative estimate of drug-likeness (QED) is 0.896. The highest BCUT2D eigenvalue weighted by atomic mass is 35.5. The van der Waals surface area contributed by atoms with Gasteiger partial charge >= 0.3 is 0 Å². The van der Waals surface area contributed by atoms with Gasteiger partial charge in [0, 0.05) is 6.04 Å². The van der Waals surface area contributed by atoms with E-state index in [0.717, 1.165) is 36.3 Å². The molecular weight excluding hydrogens is 310 g/mol. The van der Waals surface area contributed by atoms with Crippen LogP contribution >= 0.6 is 11.6 Å². The Morgan fingerprint density at radius 1 is 1.39 bits per heavy atom. The first-order valence-corrected chi connectivity index (χ1v) is 8.58. The van der Waals surface area contributed by atoms with E-state index in [4.69, 9.17) is 16.7 Å². The Kier molecular flexibility index (Phi) is 4.44. The molecule has 1 aromatic heterocycles. The molecule has 0 radical (unpaired) electrons. The zero-order valence-corrected chi connectivity index (χ0v) is 14.5. The van der Waals surface area contributed by atoms with Gasteiger partial charge in [0.1, 0.15) is 0 Å². The molecule has 23 heavy (non-hydrogen) atoms. The molecule has 1 N–H and O–H groups in total. The third kappa shape index (κ3) is 3.13. The molecule has 122 valence electrons. The molecule has 1 amide bonds. The lowest BCUT2D eigenvalue weighted by molar-refractivity contribution is 0.0949. The standard InChI is InChI=1S/C18H22ClN3O/c1-4-14-16(18(23)20-12-9-10-12)17(11(2)3)21-22(14)15-8-6-5-7-13(15)19/h5-8,11-12H,4,9-10H2,1-3H3,(H,20,23). The van der Waals surface area contributed by atoms with E-state index in [9.17, 15) is 4.79 Å². The van der Waals surface area contributed by atoms with Gasteiger partial charge < -0.3 is 5.32 Å². The fourth-order valence-electron chi connectivity index (χ4n) is 2.76. The minimum absolute atomic E-state index is 0.00801. The zero-order valence-electron chi connectivity index (χ0n) is 13.8. The fraction of sp³-hybridized carbons (Fsp3) is 0.444. The van der Waals surface area contributed by atoms with Crippen molar-refractivity contribution in [1.29, 1.82) is 0 Å². The average molecular weight is 332 g/mol. The summed E-state index contributed by atoms with van der Waals surface area (Å²) >= 11 is 6.34. The van der Waals surface area contributed by atoms with Crippen LogP contribution in [0.3, 0.4) is 0 Å². The Morgan fingerprint density at radius 2 is 2.09 bits per heavy atom. The Hall–Kier alpha value is -1.81. The van der Waals surface area contributed by atoms with Crippen molar-refractivity contribution in [3.63, 3.8) is 0 Å². The van der Waals surface area contributed by atoms with Gasteiger partial charge in [-0.2, -0.15) is 5.10 Å². The van der Waals surface area contributed by atoms with E-state index < -0.39 is 0 Å². The van der Waals surface area contributed by atoms with Crippen molar-refractivity contribution in [2.24, 2.45) is 0 Å². The second kappa shape index (κ2) is 6.36. The number of carbonyl (C=O) groups excluding carboxylic acids is 1. The number of nitrogens with one attached hydrogen (secondary N) is 1. The molecule has 0 saturated heterocycles. The Balaban J connectivity index is 2.13. The largest absolute Gasteiger partial charge is 0.349 e. The number of hydrogen-bond donors (Lipinski definition) is 1. The van der Waals surface area contributed by atoms with Crippen LogP contribution in [-0.2, 0) is 6.42 Å². The van der Waals surface area contributed by atoms with Gasteiger partial charge in [-0.15, -0.1) is 0 Å². The number of halogens is 1. The molecule has 1 aliphatic carbocycles. The normalized spacial score (nSPS) is 14.3. The molecule has 1 aliphatic rings. The van der Waals surface area contributed by atoms with Crippen LogP contribution in [0.2, 0.25) is 5.02 Å². The molecule has 4 nitrogen and oxygen atoms in total. The number of rotatable bonds is 5. The second-order valence-electron chi connectivity index (χ2n) is 6.33. The minimum Gasteiger partial charge on any atom is -0.349 e. The lowest BCUT2D eigenvalue weighted by atomic mass is 10.0. The highest BCUT2D eigenvalue weighted by molar-refractivity contribution is 6.32. The zero-order chi connectivity index (χ0) is 16.6. The van der Waals surface area contributed by atoms with E-state index in [1.807, 2.05) is 35.9 Å². The van der Waals surface area contributed by atoms with Crippen LogP contribution in [-0.4, -0.2) is 21.7 Å². The second-order valence-corrected chi connectivity index (χ2v) is 6.73. The third-order valence-electron chi connectivity index (χ3n) is 4.11. The predicted octanol–water partition coefficient (Wildman–Crippen LogP) is 4.10. The van der Waals surface area contributed by atoms with Crippen LogP contribution in [0.25, 0.3) is 5.69 Å². The van der Waals surface area contributed by atoms with Crippen molar-refractivity contribution in [2.45, 2.75) is 52.0 Å². The number of aromatic nitrogens is 2. The number of hydrogen-bond acceptors (Lipinski definition) is 2. The molecule has 0 aliphatic heterocycles. The van der Waals surface area contributed by atoms with E-state index in [-0.39, 0.29) is 11.8 Å². The average Bonchev–Trinajstić information content (AvgIpc) is 3.24. The fourth-order valence-corrected chi connectivity index (χ4v) is 2.97. The summed E-state index contributed by atoms with van der Waals surface area (Å²) in [6, 6.07) is 7.93. The van der Waals surface area contributed by atoms with E-state index in [1.165, 1.54) is 0 Å². The maximum absolute atomic E-state index is 12.7. The van der Waals surface area contributed by atoms with Crippen molar-refractivity contribution in [3.8, 4) is 5.69 Å². The molecule has 3 rings (SSSR count). The van der Waals surface area contributed by atoms with E-state index in [2.05, 4.69) is 19.2 Å². The van der Waals surface area contributed by atoms with Crippen LogP contribution in [0.1, 0.15) is 61.3 Å². The van der Waals surface area contributed by atoms with Crippen LogP contribution < -0.4 is 5.32 Å². The summed E-state index contributed by atoms with van der Waals surface area (Å²) in [5.74, 6) is 0.162. The van der Waals surface area contributed by atoms with E-state index in [0.29, 0.717) is 16.6 Å². The summed E-state index contributed by atoms with van der Waals surface area (Å²) < 4.78 is 1.83. The van der Waals surface area contributed by atoms with Gasteiger partial charge in [-0.3, -0.25) is 4.79 Å². The number of nitrogens with zero attached hydrogens (tertiary/aromatic N) is 2. The van der Waals surface area contributed by atoms with Gasteiger partial charge in [0.15, 0.2) is 0 Å². The highest BCUT2D eigenvalue weighted by Crippen LogP contribution is 2.29. The molecule has 0 atom stereocenters. The Bertz CT molecular complexity index is 732. The molecule has 0 spiro atoms. The van der Waals surface area contributed by atoms with Gasteiger partial charge in [0.25, 0.3) is 5.91 Å². The summed E-state index contributed by atoms with van der Waals surface area (Å²) in [6.45, 7) is 6.17. The number of para-hydroxylation sites is 1. The van der Waals surface area contributed by atoms with Gasteiger partial charge in [-0.1, -0.05) is 44.5 Å². The molecule has 0 unspecified atom stereocenters. The smallest absolute Gasteiger partial charge is 0.255 e. The SMILES string of the molecule is CCc1c(C(=O)NC2CC2)c(C(C)C)nn1-c1ccccc1Cl. The highest BCUT2D eigenvalue weighted by Gasteiger charge is 2.30. The van der Waals surface area contributed by atoms with E-state index in [1.54, 1.807) is 0 Å². The first-order valence-electron chi connectivity index (χ1n) is 8.20. The molecule has 2 aromatic rings. The summed E-state index contributed by atoms with van der Waals surface area (Å²) in [4.78, 5) is 12.7. The monoisotopic (exact) mass is 331 g/mol. The lowest BCUT2D eigenvalue weighted by Crippen LogP contribution is -2.27. The first kappa shape index (κ1) is 16.1. The van der Waals surface area contributed by atoms with Crippen molar-refractivity contribution in [3.05, 3.63) is 46.2 Å². The van der Waals surface area contributed by atoms with Crippen molar-refractivity contribution >= 4 is 17.5 Å². The molecule has 1 fully saturated rings. The molecule has 1 aromatic carbocycles. The summed E-state index contributed by atoms with van der Waals surface area (Å²) in [5.41, 5.74) is 3.28. The van der Waals surface area contributed by atoms with Crippen molar-refractivity contribution < 1.29 is 4.79 Å². The topological polar surface area (TPSA) is 46.9 Å². The van der Waals surface area contributed by atoms with Crippen molar-refractivity contribution in [1.82, 2.24) is 15.1 Å². The van der Waals surface area contributed by atoms with Crippen LogP contribution in [0, 0.1) is 0 Å². The van der Waals surface area contributed by atoms with Crippen LogP contribution in [0.15, 0.2) is 24.3 Å². The van der Waals surface area contributed by atoms with E-state index >= 15 is 0 Å². The van der Waals surface area contributed by atoms with Crippen LogP contribution in [0.4, 0.5) is 0 Å². The predicted molar refractivity (Wildman–Crippen MR) is 92.5 cm³/mol. The number of benzene rings is 1. The maximum Gasteiger partial charge on any atom is 0.255 e. The summed E-state index contributed by atoms with van der Waals surface area (Å²) in [5, 5.41) is 8.46. The summed E-state index contributed by atoms with van der Waals surface area (Å²) in [6.07, 6.45) is 2.87. The molecule has 1 heterocycles. The van der Waals surface area contributed by atoms with Gasteiger partial charge in [0.2, 0.25) is 0 Å². The van der Waals surface area contributed by atoms with Crippen LogP contribution in [0.5, 0.6) is 0 Å². The molecule has 0 bridgehead atoms. The van der Waals surface area contributed by atoms with Gasteiger partial charge in [-0.25, -0.2) is 4.68 Å². The van der Waals surface area contributed by atoms with Gasteiger partial charge in [-0.05, 0) is 37.3 Å². The molecular formula is C18H22ClN3O. The van der Waals surface area contributed by atoms with Crippen molar-refractivity contribution in [2.75, 3.05) is 0 Å². The number of carbonyl (C=O) groups is 1. The Labute approximate surface area is 141 Å². The Morgan fingerprint density at radius 3 is 2.65 bits per heavy atom. The minimum atomic E-state index is -0.00801.